The van der Waals surface area contributed by atoms with Gasteiger partial charge in [-0.25, -0.2) is 0 Å². The normalized spacial score (nSPS) is 10.5. The number of carbonyl (C=O) groups excluding carboxylic acids is 1. The van der Waals surface area contributed by atoms with Gasteiger partial charge in [0.05, 0.1) is 7.11 Å². The van der Waals surface area contributed by atoms with Gasteiger partial charge in [-0.1, -0.05) is 35.0 Å². The fraction of sp³-hybridized carbons (Fsp3) is 0.286. The van der Waals surface area contributed by atoms with E-state index in [9.17, 15) is 4.79 Å². The van der Waals surface area contributed by atoms with E-state index in [1.54, 1.807) is 24.1 Å². The molecule has 0 aliphatic rings. The topological polar surface area (TPSA) is 77.7 Å². The van der Waals surface area contributed by atoms with Crippen LogP contribution in [0.2, 0.25) is 0 Å². The molecular weight excluding hydrogens is 358 g/mol. The number of carbonyl (C=O) groups is 1. The van der Waals surface area contributed by atoms with Gasteiger partial charge in [-0.05, 0) is 32.0 Å². The highest BCUT2D eigenvalue weighted by molar-refractivity contribution is 5.77. The molecule has 1 heterocycles. The van der Waals surface area contributed by atoms with Crippen LogP contribution in [-0.4, -0.2) is 41.2 Å². The van der Waals surface area contributed by atoms with Crippen molar-refractivity contribution < 1.29 is 18.8 Å². The molecule has 2 aromatic carbocycles. The van der Waals surface area contributed by atoms with Crippen molar-refractivity contribution in [2.75, 3.05) is 20.3 Å². The quantitative estimate of drug-likeness (QED) is 0.594. The Morgan fingerprint density at radius 2 is 1.93 bits per heavy atom. The fourth-order valence-corrected chi connectivity index (χ4v) is 2.69. The zero-order chi connectivity index (χ0) is 19.9. The van der Waals surface area contributed by atoms with Gasteiger partial charge in [0.25, 0.3) is 5.91 Å². The van der Waals surface area contributed by atoms with Gasteiger partial charge in [0.1, 0.15) is 18.0 Å². The van der Waals surface area contributed by atoms with E-state index in [0.717, 1.165) is 11.1 Å². The number of hydrogen-bond donors (Lipinski definition) is 0. The van der Waals surface area contributed by atoms with E-state index in [1.165, 1.54) is 0 Å². The number of methoxy groups -OCH3 is 1. The summed E-state index contributed by atoms with van der Waals surface area (Å²) in [4.78, 5) is 18.5. The Hall–Kier alpha value is -3.35. The van der Waals surface area contributed by atoms with Crippen molar-refractivity contribution in [1.82, 2.24) is 15.0 Å². The average molecular weight is 381 g/mol. The van der Waals surface area contributed by atoms with Crippen LogP contribution in [0.25, 0.3) is 11.4 Å². The number of benzene rings is 2. The molecule has 3 aromatic rings. The molecule has 28 heavy (non-hydrogen) atoms. The monoisotopic (exact) mass is 381 g/mol. The first kappa shape index (κ1) is 19.4. The van der Waals surface area contributed by atoms with Crippen LogP contribution >= 0.6 is 0 Å². The molecule has 0 saturated carbocycles. The SMILES string of the molecule is CCN(Cc1nc(-c2cccc(C)c2)no1)C(=O)COc1cccc(OC)c1. The van der Waals surface area contributed by atoms with Crippen LogP contribution in [-0.2, 0) is 11.3 Å². The first-order chi connectivity index (χ1) is 13.6. The third-order valence-electron chi connectivity index (χ3n) is 4.21. The van der Waals surface area contributed by atoms with Crippen LogP contribution in [0.3, 0.4) is 0 Å². The summed E-state index contributed by atoms with van der Waals surface area (Å²) >= 11 is 0. The van der Waals surface area contributed by atoms with E-state index in [4.69, 9.17) is 14.0 Å². The molecule has 0 N–H and O–H groups in total. The maximum Gasteiger partial charge on any atom is 0.260 e. The molecule has 0 bridgehead atoms. The molecule has 0 spiro atoms. The highest BCUT2D eigenvalue weighted by Crippen LogP contribution is 2.19. The molecule has 0 saturated heterocycles. The van der Waals surface area contributed by atoms with Crippen molar-refractivity contribution in [3.63, 3.8) is 0 Å². The van der Waals surface area contributed by atoms with Gasteiger partial charge in [-0.3, -0.25) is 4.79 Å². The lowest BCUT2D eigenvalue weighted by Gasteiger charge is -2.19. The summed E-state index contributed by atoms with van der Waals surface area (Å²) < 4.78 is 16.1. The molecule has 7 nitrogen and oxygen atoms in total. The second-order valence-corrected chi connectivity index (χ2v) is 6.26. The summed E-state index contributed by atoms with van der Waals surface area (Å²) in [7, 11) is 1.58. The van der Waals surface area contributed by atoms with Crippen LogP contribution in [0.15, 0.2) is 53.1 Å². The maximum absolute atomic E-state index is 12.5. The molecule has 0 fully saturated rings. The van der Waals surface area contributed by atoms with Gasteiger partial charge in [0.15, 0.2) is 6.61 Å². The molecule has 7 heteroatoms. The predicted molar refractivity (Wildman–Crippen MR) is 104 cm³/mol. The third-order valence-corrected chi connectivity index (χ3v) is 4.21. The third kappa shape index (κ3) is 4.88. The summed E-state index contributed by atoms with van der Waals surface area (Å²) in [6.45, 7) is 4.55. The van der Waals surface area contributed by atoms with Gasteiger partial charge in [-0.15, -0.1) is 0 Å². The van der Waals surface area contributed by atoms with Gasteiger partial charge in [0.2, 0.25) is 11.7 Å². The Morgan fingerprint density at radius 1 is 1.14 bits per heavy atom. The fourth-order valence-electron chi connectivity index (χ4n) is 2.69. The summed E-state index contributed by atoms with van der Waals surface area (Å²) in [6, 6.07) is 15.0. The van der Waals surface area contributed by atoms with E-state index >= 15 is 0 Å². The van der Waals surface area contributed by atoms with Gasteiger partial charge in [-0.2, -0.15) is 4.98 Å². The van der Waals surface area contributed by atoms with E-state index in [2.05, 4.69) is 10.1 Å². The minimum Gasteiger partial charge on any atom is -0.497 e. The van der Waals surface area contributed by atoms with Gasteiger partial charge < -0.3 is 18.9 Å². The summed E-state index contributed by atoms with van der Waals surface area (Å²) in [5.41, 5.74) is 2.00. The zero-order valence-corrected chi connectivity index (χ0v) is 16.2. The number of aryl methyl sites for hydroxylation is 1. The number of likely N-dealkylation sites (N-methyl/N-ethyl adjacent to an activating group) is 1. The summed E-state index contributed by atoms with van der Waals surface area (Å²) in [5.74, 6) is 1.97. The Labute approximate surface area is 163 Å². The van der Waals surface area contributed by atoms with Crippen LogP contribution in [0.4, 0.5) is 0 Å². The lowest BCUT2D eigenvalue weighted by Crippen LogP contribution is -2.34. The molecule has 0 unspecified atom stereocenters. The Balaban J connectivity index is 1.61. The first-order valence-electron chi connectivity index (χ1n) is 9.03. The van der Waals surface area contributed by atoms with E-state index in [-0.39, 0.29) is 19.1 Å². The molecule has 3 rings (SSSR count). The number of aromatic nitrogens is 2. The van der Waals surface area contributed by atoms with Crippen molar-refractivity contribution in [3.05, 3.63) is 60.0 Å². The van der Waals surface area contributed by atoms with Crippen molar-refractivity contribution in [2.24, 2.45) is 0 Å². The van der Waals surface area contributed by atoms with Crippen LogP contribution in [0, 0.1) is 6.92 Å². The average Bonchev–Trinajstić information content (AvgIpc) is 3.19. The largest absolute Gasteiger partial charge is 0.497 e. The van der Waals surface area contributed by atoms with Crippen LogP contribution in [0.1, 0.15) is 18.4 Å². The van der Waals surface area contributed by atoms with Crippen LogP contribution in [0.5, 0.6) is 11.5 Å². The molecule has 0 aliphatic heterocycles. The summed E-state index contributed by atoms with van der Waals surface area (Å²) in [6.07, 6.45) is 0. The lowest BCUT2D eigenvalue weighted by atomic mass is 10.1. The number of nitrogens with zero attached hydrogens (tertiary/aromatic N) is 3. The highest BCUT2D eigenvalue weighted by Gasteiger charge is 2.17. The van der Waals surface area contributed by atoms with E-state index in [0.29, 0.717) is 29.8 Å². The van der Waals surface area contributed by atoms with Crippen molar-refractivity contribution in [2.45, 2.75) is 20.4 Å². The highest BCUT2D eigenvalue weighted by atomic mass is 16.5. The Kier molecular flexibility index (Phi) is 6.26. The molecule has 0 aliphatic carbocycles. The second-order valence-electron chi connectivity index (χ2n) is 6.26. The van der Waals surface area contributed by atoms with Crippen LogP contribution < -0.4 is 9.47 Å². The van der Waals surface area contributed by atoms with E-state index in [1.807, 2.05) is 50.2 Å². The first-order valence-corrected chi connectivity index (χ1v) is 9.03. The molecular formula is C21H23N3O4. The number of rotatable bonds is 8. The number of ether oxygens (including phenoxy) is 2. The molecule has 0 radical (unpaired) electrons. The Morgan fingerprint density at radius 3 is 2.68 bits per heavy atom. The molecule has 146 valence electrons. The molecule has 1 amide bonds. The maximum atomic E-state index is 12.5. The van der Waals surface area contributed by atoms with Crippen molar-refractivity contribution in [1.29, 1.82) is 0 Å². The zero-order valence-electron chi connectivity index (χ0n) is 16.2. The minimum absolute atomic E-state index is 0.0835. The lowest BCUT2D eigenvalue weighted by molar-refractivity contribution is -0.134. The van der Waals surface area contributed by atoms with E-state index < -0.39 is 0 Å². The minimum atomic E-state index is -0.166. The molecule has 0 atom stereocenters. The molecule has 1 aromatic heterocycles. The Bertz CT molecular complexity index is 939. The number of amides is 1. The standard InChI is InChI=1S/C21H23N3O4/c1-4-24(20(25)14-27-18-10-6-9-17(12-18)26-3)13-19-22-21(23-28-19)16-8-5-7-15(2)11-16/h5-12H,4,13-14H2,1-3H3. The van der Waals surface area contributed by atoms with Crippen molar-refractivity contribution >= 4 is 5.91 Å². The number of hydrogen-bond acceptors (Lipinski definition) is 6. The summed E-state index contributed by atoms with van der Waals surface area (Å²) in [5, 5.41) is 4.02. The predicted octanol–water partition coefficient (Wildman–Crippen LogP) is 3.48. The van der Waals surface area contributed by atoms with Crippen molar-refractivity contribution in [3.8, 4) is 22.9 Å². The second kappa shape index (κ2) is 9.03. The van der Waals surface area contributed by atoms with Gasteiger partial charge in [0, 0.05) is 18.2 Å². The van der Waals surface area contributed by atoms with Gasteiger partial charge >= 0.3 is 0 Å². The smallest absolute Gasteiger partial charge is 0.260 e.